The molecular weight excluding hydrogens is 264 g/mol. The number of rotatable bonds is 4. The maximum Gasteiger partial charge on any atom is 0.409 e. The molecule has 0 unspecified atom stereocenters. The Balaban J connectivity index is 2.20. The first-order valence-corrected chi connectivity index (χ1v) is 7.70. The monoisotopic (exact) mass is 290 g/mol. The van der Waals surface area contributed by atoms with Gasteiger partial charge in [0.05, 0.1) is 12.1 Å². The summed E-state index contributed by atoms with van der Waals surface area (Å²) in [5, 5.41) is 0. The number of benzene rings is 1. The Hall–Kier alpha value is -1.55. The van der Waals surface area contributed by atoms with Crippen molar-refractivity contribution in [3.63, 3.8) is 0 Å². The normalized spacial score (nSPS) is 18.2. The fourth-order valence-corrected chi connectivity index (χ4v) is 3.06. The summed E-state index contributed by atoms with van der Waals surface area (Å²) in [7, 11) is 4.02. The first-order valence-electron chi connectivity index (χ1n) is 7.70. The Kier molecular flexibility index (Phi) is 5.23. The smallest absolute Gasteiger partial charge is 0.409 e. The van der Waals surface area contributed by atoms with Crippen LogP contribution in [0.4, 0.5) is 4.79 Å². The molecule has 0 spiro atoms. The summed E-state index contributed by atoms with van der Waals surface area (Å²) in [5.74, 6) is 0. The Morgan fingerprint density at radius 1 is 1.29 bits per heavy atom. The number of ether oxygens (including phenoxy) is 1. The van der Waals surface area contributed by atoms with Crippen LogP contribution in [0.3, 0.4) is 0 Å². The standard InChI is InChI=1S/C17H26N2O2/c1-4-21-16(20)19(3)17(10-12-18(2)13-11-17)14-15-8-6-5-7-9-15/h5-9H,4,10-14H2,1-3H3. The molecule has 1 heterocycles. The Morgan fingerprint density at radius 3 is 2.48 bits per heavy atom. The highest BCUT2D eigenvalue weighted by molar-refractivity contribution is 5.68. The molecular formula is C17H26N2O2. The van der Waals surface area contributed by atoms with Crippen LogP contribution in [0.25, 0.3) is 0 Å². The minimum absolute atomic E-state index is 0.139. The minimum atomic E-state index is -0.210. The molecule has 4 nitrogen and oxygen atoms in total. The van der Waals surface area contributed by atoms with Crippen molar-refractivity contribution in [2.24, 2.45) is 0 Å². The summed E-state index contributed by atoms with van der Waals surface area (Å²) in [5.41, 5.74) is 1.14. The lowest BCUT2D eigenvalue weighted by atomic mass is 9.80. The van der Waals surface area contributed by atoms with Gasteiger partial charge in [0.2, 0.25) is 0 Å². The van der Waals surface area contributed by atoms with Crippen LogP contribution in [0.2, 0.25) is 0 Å². The van der Waals surface area contributed by atoms with Gasteiger partial charge in [-0.2, -0.15) is 0 Å². The number of hydrogen-bond acceptors (Lipinski definition) is 3. The van der Waals surface area contributed by atoms with E-state index in [1.807, 2.05) is 24.9 Å². The van der Waals surface area contributed by atoms with Crippen LogP contribution < -0.4 is 0 Å². The lowest BCUT2D eigenvalue weighted by molar-refractivity contribution is 0.0323. The number of likely N-dealkylation sites (N-methyl/N-ethyl adjacent to an activating group) is 1. The van der Waals surface area contributed by atoms with Gasteiger partial charge in [-0.15, -0.1) is 0 Å². The molecule has 116 valence electrons. The van der Waals surface area contributed by atoms with E-state index >= 15 is 0 Å². The first-order chi connectivity index (χ1) is 10.1. The third-order valence-electron chi connectivity index (χ3n) is 4.55. The van der Waals surface area contributed by atoms with Crippen molar-refractivity contribution < 1.29 is 9.53 Å². The molecule has 0 bridgehead atoms. The SMILES string of the molecule is CCOC(=O)N(C)C1(Cc2ccccc2)CCN(C)CC1. The zero-order valence-corrected chi connectivity index (χ0v) is 13.3. The molecule has 1 aromatic carbocycles. The molecule has 0 saturated carbocycles. The van der Waals surface area contributed by atoms with Gasteiger partial charge < -0.3 is 14.5 Å². The molecule has 1 aromatic rings. The predicted octanol–water partition coefficient (Wildman–Crippen LogP) is 2.78. The minimum Gasteiger partial charge on any atom is -0.450 e. The van der Waals surface area contributed by atoms with E-state index < -0.39 is 0 Å². The van der Waals surface area contributed by atoms with Crippen LogP contribution in [-0.4, -0.2) is 55.2 Å². The van der Waals surface area contributed by atoms with E-state index in [2.05, 4.69) is 36.2 Å². The molecule has 0 N–H and O–H groups in total. The van der Waals surface area contributed by atoms with Crippen molar-refractivity contribution in [1.82, 2.24) is 9.80 Å². The molecule has 0 atom stereocenters. The lowest BCUT2D eigenvalue weighted by Gasteiger charge is -2.46. The lowest BCUT2D eigenvalue weighted by Crippen LogP contribution is -2.56. The molecule has 0 radical (unpaired) electrons. The Labute approximate surface area is 127 Å². The Morgan fingerprint density at radius 2 is 1.90 bits per heavy atom. The number of carbonyl (C=O) groups excluding carboxylic acids is 1. The van der Waals surface area contributed by atoms with Crippen LogP contribution in [0, 0.1) is 0 Å². The summed E-state index contributed by atoms with van der Waals surface area (Å²) >= 11 is 0. The summed E-state index contributed by atoms with van der Waals surface area (Å²) < 4.78 is 5.22. The van der Waals surface area contributed by atoms with Gasteiger partial charge in [-0.3, -0.25) is 0 Å². The quantitative estimate of drug-likeness (QED) is 0.855. The number of piperidine rings is 1. The van der Waals surface area contributed by atoms with Crippen molar-refractivity contribution in [2.45, 2.75) is 31.7 Å². The summed E-state index contributed by atoms with van der Waals surface area (Å²) in [6.45, 7) is 4.29. The molecule has 1 aliphatic heterocycles. The molecule has 1 saturated heterocycles. The zero-order chi connectivity index (χ0) is 15.3. The van der Waals surface area contributed by atoms with Crippen molar-refractivity contribution >= 4 is 6.09 Å². The van der Waals surface area contributed by atoms with E-state index in [0.717, 1.165) is 32.4 Å². The van der Waals surface area contributed by atoms with E-state index in [4.69, 9.17) is 4.74 Å². The highest BCUT2D eigenvalue weighted by Gasteiger charge is 2.40. The fraction of sp³-hybridized carbons (Fsp3) is 0.588. The third-order valence-corrected chi connectivity index (χ3v) is 4.55. The highest BCUT2D eigenvalue weighted by Crippen LogP contribution is 2.32. The molecule has 1 fully saturated rings. The number of amides is 1. The second-order valence-electron chi connectivity index (χ2n) is 5.95. The fourth-order valence-electron chi connectivity index (χ4n) is 3.06. The largest absolute Gasteiger partial charge is 0.450 e. The van der Waals surface area contributed by atoms with Crippen molar-refractivity contribution in [2.75, 3.05) is 33.8 Å². The van der Waals surface area contributed by atoms with E-state index in [1.165, 1.54) is 5.56 Å². The maximum atomic E-state index is 12.2. The van der Waals surface area contributed by atoms with Crippen molar-refractivity contribution in [3.8, 4) is 0 Å². The zero-order valence-electron chi connectivity index (χ0n) is 13.3. The summed E-state index contributed by atoms with van der Waals surface area (Å²) in [6, 6.07) is 10.4. The van der Waals surface area contributed by atoms with Crippen LogP contribution in [-0.2, 0) is 11.2 Å². The van der Waals surface area contributed by atoms with Gasteiger partial charge in [-0.25, -0.2) is 4.79 Å². The summed E-state index contributed by atoms with van der Waals surface area (Å²) in [6.07, 6.45) is 2.64. The van der Waals surface area contributed by atoms with Gasteiger partial charge in [0.15, 0.2) is 0 Å². The topological polar surface area (TPSA) is 32.8 Å². The average molecular weight is 290 g/mol. The van der Waals surface area contributed by atoms with Gasteiger partial charge in [0, 0.05) is 20.1 Å². The van der Waals surface area contributed by atoms with Gasteiger partial charge in [0.1, 0.15) is 0 Å². The molecule has 1 amide bonds. The number of nitrogens with zero attached hydrogens (tertiary/aromatic N) is 2. The van der Waals surface area contributed by atoms with E-state index in [-0.39, 0.29) is 11.6 Å². The van der Waals surface area contributed by atoms with Gasteiger partial charge in [-0.1, -0.05) is 30.3 Å². The van der Waals surface area contributed by atoms with Crippen LogP contribution in [0.1, 0.15) is 25.3 Å². The molecule has 1 aliphatic rings. The predicted molar refractivity (Wildman–Crippen MR) is 84.4 cm³/mol. The molecule has 21 heavy (non-hydrogen) atoms. The third kappa shape index (κ3) is 3.76. The van der Waals surface area contributed by atoms with Crippen LogP contribution in [0.5, 0.6) is 0 Å². The van der Waals surface area contributed by atoms with Gasteiger partial charge >= 0.3 is 6.09 Å². The average Bonchev–Trinajstić information content (AvgIpc) is 2.50. The van der Waals surface area contributed by atoms with Crippen molar-refractivity contribution in [3.05, 3.63) is 35.9 Å². The maximum absolute atomic E-state index is 12.2. The van der Waals surface area contributed by atoms with Crippen molar-refractivity contribution in [1.29, 1.82) is 0 Å². The first kappa shape index (κ1) is 15.8. The molecule has 4 heteroatoms. The molecule has 0 aromatic heterocycles. The molecule has 2 rings (SSSR count). The number of carbonyl (C=O) groups is 1. The number of likely N-dealkylation sites (tertiary alicyclic amines) is 1. The van der Waals surface area contributed by atoms with E-state index in [0.29, 0.717) is 6.61 Å². The second kappa shape index (κ2) is 6.94. The van der Waals surface area contributed by atoms with E-state index in [1.54, 1.807) is 0 Å². The Bertz CT molecular complexity index is 453. The second-order valence-corrected chi connectivity index (χ2v) is 5.95. The highest BCUT2D eigenvalue weighted by atomic mass is 16.6. The molecule has 0 aliphatic carbocycles. The summed E-state index contributed by atoms with van der Waals surface area (Å²) in [4.78, 5) is 16.4. The van der Waals surface area contributed by atoms with E-state index in [9.17, 15) is 4.79 Å². The number of hydrogen-bond donors (Lipinski definition) is 0. The van der Waals surface area contributed by atoms with Gasteiger partial charge in [-0.05, 0) is 38.8 Å². The van der Waals surface area contributed by atoms with Gasteiger partial charge in [0.25, 0.3) is 0 Å². The van der Waals surface area contributed by atoms with Crippen LogP contribution in [0.15, 0.2) is 30.3 Å². The van der Waals surface area contributed by atoms with Crippen LogP contribution >= 0.6 is 0 Å².